The van der Waals surface area contributed by atoms with Gasteiger partial charge in [0.2, 0.25) is 0 Å². The number of hydrogen-bond acceptors (Lipinski definition) is 5. The van der Waals surface area contributed by atoms with E-state index in [2.05, 4.69) is 25.9 Å². The lowest BCUT2D eigenvalue weighted by Gasteiger charge is -2.12. The van der Waals surface area contributed by atoms with Gasteiger partial charge >= 0.3 is 0 Å². The molecule has 2 aromatic heterocycles. The molecule has 0 bridgehead atoms. The molecule has 0 aliphatic rings. The van der Waals surface area contributed by atoms with Crippen LogP contribution in [0.5, 0.6) is 0 Å². The zero-order valence-corrected chi connectivity index (χ0v) is 18.3. The van der Waals surface area contributed by atoms with Crippen LogP contribution in [0.25, 0.3) is 10.9 Å². The summed E-state index contributed by atoms with van der Waals surface area (Å²) >= 11 is 0. The fourth-order valence-corrected chi connectivity index (χ4v) is 3.58. The normalized spacial score (nSPS) is 10.7. The van der Waals surface area contributed by atoms with E-state index in [-0.39, 0.29) is 11.5 Å². The molecule has 35 heavy (non-hydrogen) atoms. The van der Waals surface area contributed by atoms with E-state index in [1.807, 2.05) is 0 Å². The molecule has 0 atom stereocenters. The summed E-state index contributed by atoms with van der Waals surface area (Å²) in [6.07, 6.45) is 4.92. The van der Waals surface area contributed by atoms with Crippen LogP contribution in [0.4, 0.5) is 37.2 Å². The molecule has 5 aromatic rings. The molecule has 8 heteroatoms. The Balaban J connectivity index is 1.30. The zero-order chi connectivity index (χ0) is 24.2. The maximum atomic E-state index is 14.4. The number of fused-ring (bicyclic) bond motifs is 1. The van der Waals surface area contributed by atoms with Gasteiger partial charge in [-0.05, 0) is 78.9 Å². The molecule has 6 nitrogen and oxygen atoms in total. The van der Waals surface area contributed by atoms with Crippen molar-refractivity contribution in [1.29, 1.82) is 0 Å². The van der Waals surface area contributed by atoms with Gasteiger partial charge in [-0.3, -0.25) is 14.8 Å². The Morgan fingerprint density at radius 3 is 2.23 bits per heavy atom. The molecule has 0 aliphatic carbocycles. The minimum Gasteiger partial charge on any atom is -0.355 e. The highest BCUT2D eigenvalue weighted by Gasteiger charge is 2.11. The number of amides is 1. The molecular formula is C27H19F2N5O. The first-order valence-electron chi connectivity index (χ1n) is 10.7. The Morgan fingerprint density at radius 2 is 1.43 bits per heavy atom. The van der Waals surface area contributed by atoms with Gasteiger partial charge in [-0.15, -0.1) is 0 Å². The fourth-order valence-electron chi connectivity index (χ4n) is 3.58. The number of aromatic nitrogens is 2. The molecule has 0 fully saturated rings. The maximum absolute atomic E-state index is 14.4. The van der Waals surface area contributed by atoms with Crippen molar-refractivity contribution in [2.45, 2.75) is 0 Å². The van der Waals surface area contributed by atoms with Gasteiger partial charge in [-0.2, -0.15) is 0 Å². The van der Waals surface area contributed by atoms with Crippen LogP contribution in [-0.2, 0) is 0 Å². The number of carbonyl (C=O) groups excluding carboxylic acids is 1. The lowest BCUT2D eigenvalue weighted by Crippen LogP contribution is -2.13. The first kappa shape index (κ1) is 22.0. The molecule has 0 unspecified atom stereocenters. The third kappa shape index (κ3) is 5.06. The molecule has 0 saturated carbocycles. The van der Waals surface area contributed by atoms with Gasteiger partial charge in [-0.1, -0.05) is 0 Å². The number of benzene rings is 3. The predicted molar refractivity (Wildman–Crippen MR) is 133 cm³/mol. The van der Waals surface area contributed by atoms with Crippen molar-refractivity contribution in [2.24, 2.45) is 0 Å². The summed E-state index contributed by atoms with van der Waals surface area (Å²) in [7, 11) is 0. The summed E-state index contributed by atoms with van der Waals surface area (Å²) in [5.41, 5.74) is 3.87. The van der Waals surface area contributed by atoms with Crippen molar-refractivity contribution in [1.82, 2.24) is 9.97 Å². The number of pyridine rings is 2. The number of halogens is 2. The highest BCUT2D eigenvalue weighted by atomic mass is 19.1. The van der Waals surface area contributed by atoms with E-state index in [4.69, 9.17) is 0 Å². The van der Waals surface area contributed by atoms with Crippen LogP contribution in [0.15, 0.2) is 97.5 Å². The lowest BCUT2D eigenvalue weighted by atomic mass is 10.1. The first-order chi connectivity index (χ1) is 17.0. The Morgan fingerprint density at radius 1 is 0.686 bits per heavy atom. The van der Waals surface area contributed by atoms with Crippen molar-refractivity contribution >= 4 is 45.2 Å². The third-order valence-electron chi connectivity index (χ3n) is 5.31. The van der Waals surface area contributed by atoms with Crippen molar-refractivity contribution < 1.29 is 13.6 Å². The smallest absolute Gasteiger partial charge is 0.255 e. The van der Waals surface area contributed by atoms with Crippen LogP contribution < -0.4 is 16.0 Å². The first-order valence-corrected chi connectivity index (χ1v) is 10.7. The van der Waals surface area contributed by atoms with Gasteiger partial charge in [0, 0.05) is 52.3 Å². The van der Waals surface area contributed by atoms with Gasteiger partial charge in [0.15, 0.2) is 0 Å². The Hall–Kier alpha value is -4.85. The lowest BCUT2D eigenvalue weighted by molar-refractivity contribution is 0.102. The van der Waals surface area contributed by atoms with Crippen LogP contribution >= 0.6 is 0 Å². The maximum Gasteiger partial charge on any atom is 0.255 e. The number of nitrogens with zero attached hydrogens (tertiary/aromatic N) is 2. The number of rotatable bonds is 6. The van der Waals surface area contributed by atoms with Crippen molar-refractivity contribution in [3.8, 4) is 0 Å². The second kappa shape index (κ2) is 9.56. The Kier molecular flexibility index (Phi) is 6.00. The summed E-state index contributed by atoms with van der Waals surface area (Å²) < 4.78 is 28.1. The molecule has 0 spiro atoms. The molecule has 2 heterocycles. The molecule has 3 aromatic carbocycles. The van der Waals surface area contributed by atoms with Crippen LogP contribution in [0.1, 0.15) is 10.4 Å². The zero-order valence-electron chi connectivity index (χ0n) is 18.3. The van der Waals surface area contributed by atoms with Gasteiger partial charge in [0.1, 0.15) is 11.6 Å². The second-order valence-corrected chi connectivity index (χ2v) is 7.73. The number of nitrogens with one attached hydrogen (secondary N) is 3. The SMILES string of the molecule is O=C(Nc1cc(Nc2ccncc2)ccc1F)c1ccc(Nc2ccnc3ccc(F)cc23)cc1. The van der Waals surface area contributed by atoms with Crippen LogP contribution in [0.3, 0.4) is 0 Å². The number of anilines is 5. The molecule has 3 N–H and O–H groups in total. The van der Waals surface area contributed by atoms with Crippen molar-refractivity contribution in [2.75, 3.05) is 16.0 Å². The summed E-state index contributed by atoms with van der Waals surface area (Å²) in [4.78, 5) is 20.9. The van der Waals surface area contributed by atoms with Crippen molar-refractivity contribution in [3.63, 3.8) is 0 Å². The van der Waals surface area contributed by atoms with Crippen molar-refractivity contribution in [3.05, 3.63) is 115 Å². The molecule has 0 saturated heterocycles. The minimum atomic E-state index is -0.547. The summed E-state index contributed by atoms with van der Waals surface area (Å²) in [5, 5.41) is 9.61. The average molecular weight is 467 g/mol. The van der Waals surface area contributed by atoms with Gasteiger partial charge < -0.3 is 16.0 Å². The molecule has 0 aliphatic heterocycles. The Labute approximate surface area is 199 Å². The van der Waals surface area contributed by atoms with Crippen LogP contribution in [0, 0.1) is 11.6 Å². The predicted octanol–water partition coefficient (Wildman–Crippen LogP) is 6.65. The molecule has 5 rings (SSSR count). The minimum absolute atomic E-state index is 0.0570. The van der Waals surface area contributed by atoms with E-state index in [0.29, 0.717) is 33.5 Å². The van der Waals surface area contributed by atoms with Gasteiger partial charge in [0.25, 0.3) is 5.91 Å². The third-order valence-corrected chi connectivity index (χ3v) is 5.31. The topological polar surface area (TPSA) is 78.9 Å². The Bertz CT molecular complexity index is 1510. The van der Waals surface area contributed by atoms with E-state index in [0.717, 1.165) is 5.69 Å². The summed E-state index contributed by atoms with van der Waals surface area (Å²) in [6, 6.07) is 20.8. The second-order valence-electron chi connectivity index (χ2n) is 7.73. The largest absolute Gasteiger partial charge is 0.355 e. The monoisotopic (exact) mass is 467 g/mol. The van der Waals surface area contributed by atoms with E-state index < -0.39 is 11.7 Å². The van der Waals surface area contributed by atoms with E-state index in [1.54, 1.807) is 73.2 Å². The fraction of sp³-hybridized carbons (Fsp3) is 0. The highest BCUT2D eigenvalue weighted by molar-refractivity contribution is 6.05. The summed E-state index contributed by atoms with van der Waals surface area (Å²) in [5.74, 6) is -1.35. The highest BCUT2D eigenvalue weighted by Crippen LogP contribution is 2.27. The molecular weight excluding hydrogens is 448 g/mol. The van der Waals surface area contributed by atoms with Gasteiger partial charge in [0.05, 0.1) is 11.2 Å². The number of carbonyl (C=O) groups is 1. The molecule has 172 valence electrons. The van der Waals surface area contributed by atoms with E-state index in [9.17, 15) is 13.6 Å². The van der Waals surface area contributed by atoms with Crippen LogP contribution in [-0.4, -0.2) is 15.9 Å². The number of hydrogen-bond donors (Lipinski definition) is 3. The molecule has 1 amide bonds. The standard InChI is InChI=1S/C27H19F2N5O/c28-18-3-8-24-22(15-18)25(11-14-31-24)33-19-4-1-17(2-5-19)27(35)34-26-16-21(6-7-23(26)29)32-20-9-12-30-13-10-20/h1-16H,(H,30,32)(H,31,33)(H,34,35). The molecule has 0 radical (unpaired) electrons. The summed E-state index contributed by atoms with van der Waals surface area (Å²) in [6.45, 7) is 0. The van der Waals surface area contributed by atoms with E-state index >= 15 is 0 Å². The van der Waals surface area contributed by atoms with E-state index in [1.165, 1.54) is 24.3 Å². The average Bonchev–Trinajstić information content (AvgIpc) is 2.87. The van der Waals surface area contributed by atoms with Gasteiger partial charge in [-0.25, -0.2) is 8.78 Å². The van der Waals surface area contributed by atoms with Crippen LogP contribution in [0.2, 0.25) is 0 Å². The quantitative estimate of drug-likeness (QED) is 0.261.